The van der Waals surface area contributed by atoms with Gasteiger partial charge in [-0.15, -0.1) is 0 Å². The molecule has 0 unspecified atom stereocenters. The third-order valence-corrected chi connectivity index (χ3v) is 3.35. The van der Waals surface area contributed by atoms with E-state index in [1.165, 1.54) is 0 Å². The van der Waals surface area contributed by atoms with E-state index in [9.17, 15) is 10.1 Å². The third-order valence-electron chi connectivity index (χ3n) is 3.35. The van der Waals surface area contributed by atoms with Gasteiger partial charge in [-0.05, 0) is 45.4 Å². The standard InChI is InChI=1S/C18H19N3O/c1-13-7-5-6-8-16(13)17(22)14(12-19)11-15-9-10-20-21(15)18(2,3)4/h5-11H,1-4H3/b14-11+. The van der Waals surface area contributed by atoms with Gasteiger partial charge in [-0.3, -0.25) is 9.48 Å². The molecule has 0 amide bonds. The normalized spacial score (nSPS) is 12.0. The van der Waals surface area contributed by atoms with Gasteiger partial charge < -0.3 is 0 Å². The zero-order chi connectivity index (χ0) is 16.3. The van der Waals surface area contributed by atoms with Crippen LogP contribution in [0.25, 0.3) is 6.08 Å². The van der Waals surface area contributed by atoms with Gasteiger partial charge >= 0.3 is 0 Å². The number of carbonyl (C=O) groups is 1. The first-order valence-corrected chi connectivity index (χ1v) is 7.11. The highest BCUT2D eigenvalue weighted by molar-refractivity contribution is 6.14. The van der Waals surface area contributed by atoms with Crippen LogP contribution in [-0.4, -0.2) is 15.6 Å². The summed E-state index contributed by atoms with van der Waals surface area (Å²) >= 11 is 0. The number of hydrogen-bond donors (Lipinski definition) is 0. The maximum atomic E-state index is 12.6. The summed E-state index contributed by atoms with van der Waals surface area (Å²) in [7, 11) is 0. The minimum Gasteiger partial charge on any atom is -0.288 e. The predicted octanol–water partition coefficient (Wildman–Crippen LogP) is 3.74. The van der Waals surface area contributed by atoms with Crippen molar-refractivity contribution >= 4 is 11.9 Å². The van der Waals surface area contributed by atoms with Gasteiger partial charge in [0.1, 0.15) is 11.6 Å². The average Bonchev–Trinajstić information content (AvgIpc) is 2.93. The van der Waals surface area contributed by atoms with Crippen molar-refractivity contribution in [3.8, 4) is 6.07 Å². The summed E-state index contributed by atoms with van der Waals surface area (Å²) in [5, 5.41) is 13.6. The molecule has 2 aromatic rings. The van der Waals surface area contributed by atoms with Crippen LogP contribution >= 0.6 is 0 Å². The summed E-state index contributed by atoms with van der Waals surface area (Å²) in [5.41, 5.74) is 2.04. The van der Waals surface area contributed by atoms with Crippen molar-refractivity contribution in [2.75, 3.05) is 0 Å². The minimum atomic E-state index is -0.262. The number of benzene rings is 1. The van der Waals surface area contributed by atoms with E-state index in [4.69, 9.17) is 0 Å². The van der Waals surface area contributed by atoms with Crippen LogP contribution in [0.1, 0.15) is 42.4 Å². The van der Waals surface area contributed by atoms with Gasteiger partial charge in [0.25, 0.3) is 0 Å². The molecular formula is C18H19N3O. The topological polar surface area (TPSA) is 58.7 Å². The Morgan fingerprint density at radius 1 is 1.27 bits per heavy atom. The Morgan fingerprint density at radius 2 is 1.95 bits per heavy atom. The summed E-state index contributed by atoms with van der Waals surface area (Å²) < 4.78 is 1.80. The Hall–Kier alpha value is -2.67. The number of hydrogen-bond acceptors (Lipinski definition) is 3. The van der Waals surface area contributed by atoms with Crippen molar-refractivity contribution in [3.63, 3.8) is 0 Å². The lowest BCUT2D eigenvalue weighted by Crippen LogP contribution is -2.24. The summed E-state index contributed by atoms with van der Waals surface area (Å²) in [6.45, 7) is 7.92. The monoisotopic (exact) mass is 293 g/mol. The third kappa shape index (κ3) is 3.15. The maximum absolute atomic E-state index is 12.6. The zero-order valence-corrected chi connectivity index (χ0v) is 13.3. The Balaban J connectivity index is 2.46. The van der Waals surface area contributed by atoms with Crippen LogP contribution in [0.15, 0.2) is 42.1 Å². The Labute approximate surface area is 130 Å². The van der Waals surface area contributed by atoms with Gasteiger partial charge in [0, 0.05) is 11.8 Å². The van der Waals surface area contributed by atoms with Crippen molar-refractivity contribution in [2.24, 2.45) is 0 Å². The summed E-state index contributed by atoms with van der Waals surface area (Å²) in [5.74, 6) is -0.262. The molecule has 2 rings (SSSR count). The molecule has 1 heterocycles. The Kier molecular flexibility index (Phi) is 4.27. The van der Waals surface area contributed by atoms with Crippen molar-refractivity contribution in [1.82, 2.24) is 9.78 Å². The second-order valence-corrected chi connectivity index (χ2v) is 6.15. The highest BCUT2D eigenvalue weighted by Crippen LogP contribution is 2.20. The SMILES string of the molecule is Cc1ccccc1C(=O)/C(C#N)=C/c1ccnn1C(C)(C)C. The molecule has 0 N–H and O–H groups in total. The minimum absolute atomic E-state index is 0.111. The Morgan fingerprint density at radius 3 is 2.55 bits per heavy atom. The van der Waals surface area contributed by atoms with Gasteiger partial charge in [-0.25, -0.2) is 0 Å². The molecule has 0 spiro atoms. The van der Waals surface area contributed by atoms with E-state index in [2.05, 4.69) is 5.10 Å². The first kappa shape index (κ1) is 15.7. The summed E-state index contributed by atoms with van der Waals surface area (Å²) in [6.07, 6.45) is 3.28. The van der Waals surface area contributed by atoms with E-state index in [1.54, 1.807) is 35.2 Å². The van der Waals surface area contributed by atoms with Crippen LogP contribution in [0, 0.1) is 18.3 Å². The second kappa shape index (κ2) is 5.98. The molecule has 4 heteroatoms. The lowest BCUT2D eigenvalue weighted by molar-refractivity contribution is 0.103. The number of aryl methyl sites for hydroxylation is 1. The number of nitrogens with zero attached hydrogens (tertiary/aromatic N) is 3. The van der Waals surface area contributed by atoms with Gasteiger partial charge in [-0.2, -0.15) is 10.4 Å². The fourth-order valence-corrected chi connectivity index (χ4v) is 2.25. The molecule has 0 aliphatic rings. The smallest absolute Gasteiger partial charge is 0.203 e. The molecule has 0 saturated heterocycles. The number of nitriles is 1. The van der Waals surface area contributed by atoms with Crippen LogP contribution in [0.5, 0.6) is 0 Å². The molecule has 1 aromatic heterocycles. The van der Waals surface area contributed by atoms with Crippen molar-refractivity contribution < 1.29 is 4.79 Å². The molecule has 1 aromatic carbocycles. The molecule has 4 nitrogen and oxygen atoms in total. The number of aromatic nitrogens is 2. The first-order chi connectivity index (χ1) is 10.3. The molecule has 0 atom stereocenters. The molecule has 0 bridgehead atoms. The van der Waals surface area contributed by atoms with Crippen LogP contribution in [-0.2, 0) is 5.54 Å². The molecule has 0 aliphatic carbocycles. The Bertz CT molecular complexity index is 770. The fourth-order valence-electron chi connectivity index (χ4n) is 2.25. The van der Waals surface area contributed by atoms with E-state index in [1.807, 2.05) is 45.9 Å². The zero-order valence-electron chi connectivity index (χ0n) is 13.3. The average molecular weight is 293 g/mol. The van der Waals surface area contributed by atoms with Crippen LogP contribution in [0.3, 0.4) is 0 Å². The highest BCUT2D eigenvalue weighted by atomic mass is 16.1. The summed E-state index contributed by atoms with van der Waals surface area (Å²) in [4.78, 5) is 12.6. The first-order valence-electron chi connectivity index (χ1n) is 7.11. The maximum Gasteiger partial charge on any atom is 0.203 e. The van der Waals surface area contributed by atoms with Crippen molar-refractivity contribution in [1.29, 1.82) is 5.26 Å². The van der Waals surface area contributed by atoms with E-state index >= 15 is 0 Å². The van der Waals surface area contributed by atoms with E-state index < -0.39 is 0 Å². The predicted molar refractivity (Wildman–Crippen MR) is 86.3 cm³/mol. The van der Waals surface area contributed by atoms with Gasteiger partial charge in [0.2, 0.25) is 5.78 Å². The quantitative estimate of drug-likeness (QED) is 0.492. The van der Waals surface area contributed by atoms with Crippen LogP contribution in [0.4, 0.5) is 0 Å². The molecule has 0 saturated carbocycles. The number of allylic oxidation sites excluding steroid dienone is 1. The van der Waals surface area contributed by atoms with E-state index in [-0.39, 0.29) is 16.9 Å². The molecule has 0 fully saturated rings. The molecule has 0 aliphatic heterocycles. The largest absolute Gasteiger partial charge is 0.288 e. The number of ketones is 1. The van der Waals surface area contributed by atoms with Crippen molar-refractivity contribution in [3.05, 3.63) is 58.9 Å². The lowest BCUT2D eigenvalue weighted by Gasteiger charge is -2.21. The van der Waals surface area contributed by atoms with E-state index in [0.29, 0.717) is 5.56 Å². The summed E-state index contributed by atoms with van der Waals surface area (Å²) in [6, 6.07) is 11.1. The fraction of sp³-hybridized carbons (Fsp3) is 0.278. The van der Waals surface area contributed by atoms with Gasteiger partial charge in [-0.1, -0.05) is 24.3 Å². The highest BCUT2D eigenvalue weighted by Gasteiger charge is 2.19. The lowest BCUT2D eigenvalue weighted by atomic mass is 9.99. The van der Waals surface area contributed by atoms with Crippen molar-refractivity contribution in [2.45, 2.75) is 33.2 Å². The van der Waals surface area contributed by atoms with Crippen LogP contribution in [0.2, 0.25) is 0 Å². The van der Waals surface area contributed by atoms with Gasteiger partial charge in [0.15, 0.2) is 0 Å². The number of Topliss-reactive ketones (excluding diaryl/α,β-unsaturated/α-hetero) is 1. The number of carbonyl (C=O) groups excluding carboxylic acids is 1. The second-order valence-electron chi connectivity index (χ2n) is 6.15. The molecule has 0 radical (unpaired) electrons. The van der Waals surface area contributed by atoms with E-state index in [0.717, 1.165) is 11.3 Å². The molecule has 112 valence electrons. The molecular weight excluding hydrogens is 274 g/mol. The molecule has 22 heavy (non-hydrogen) atoms. The number of rotatable bonds is 3. The van der Waals surface area contributed by atoms with Gasteiger partial charge in [0.05, 0.1) is 11.2 Å². The van der Waals surface area contributed by atoms with Crippen LogP contribution < -0.4 is 0 Å².